The maximum Gasteiger partial charge on any atom is 0.0594 e. The van der Waals surface area contributed by atoms with Crippen LogP contribution in [0.4, 0.5) is 0 Å². The van der Waals surface area contributed by atoms with E-state index in [0.717, 1.165) is 39.4 Å². The van der Waals surface area contributed by atoms with Crippen LogP contribution >= 0.6 is 0 Å². The maximum atomic E-state index is 5.81. The Morgan fingerprint density at radius 1 is 1.24 bits per heavy atom. The van der Waals surface area contributed by atoms with Crippen LogP contribution in [0.25, 0.3) is 0 Å². The average Bonchev–Trinajstić information content (AvgIpc) is 2.46. The molecule has 0 aromatic heterocycles. The lowest BCUT2D eigenvalue weighted by Crippen LogP contribution is -2.65. The molecule has 0 amide bonds. The highest BCUT2D eigenvalue weighted by molar-refractivity contribution is 4.97. The zero-order valence-corrected chi connectivity index (χ0v) is 15.1. The molecule has 4 nitrogen and oxygen atoms in total. The van der Waals surface area contributed by atoms with Crippen molar-refractivity contribution in [1.29, 1.82) is 0 Å². The third-order valence-electron chi connectivity index (χ3n) is 4.99. The van der Waals surface area contributed by atoms with Crippen molar-refractivity contribution in [2.45, 2.75) is 52.1 Å². The summed E-state index contributed by atoms with van der Waals surface area (Å²) in [7, 11) is 4.18. The summed E-state index contributed by atoms with van der Waals surface area (Å²) < 4.78 is 5.81. The van der Waals surface area contributed by atoms with Gasteiger partial charge in [-0.3, -0.25) is 4.90 Å². The fourth-order valence-corrected chi connectivity index (χ4v) is 3.17. The molecular weight excluding hydrogens is 262 g/mol. The number of nitrogens with zero attached hydrogens (tertiary/aromatic N) is 2. The number of hydrogen-bond acceptors (Lipinski definition) is 4. The van der Waals surface area contributed by atoms with E-state index in [1.807, 2.05) is 0 Å². The molecule has 126 valence electrons. The third-order valence-corrected chi connectivity index (χ3v) is 4.99. The van der Waals surface area contributed by atoms with Crippen molar-refractivity contribution in [2.24, 2.45) is 5.92 Å². The van der Waals surface area contributed by atoms with Crippen LogP contribution in [0.3, 0.4) is 0 Å². The standard InChI is InChI=1S/C17H37N3O/c1-7-17(8-2)14-20(16(13-18-17)15(3)4)10-12-21-11-9-19(5)6/h15-16,18H,7-14H2,1-6H3. The second-order valence-electron chi connectivity index (χ2n) is 7.07. The lowest BCUT2D eigenvalue weighted by atomic mass is 9.86. The minimum Gasteiger partial charge on any atom is -0.379 e. The highest BCUT2D eigenvalue weighted by Gasteiger charge is 2.37. The lowest BCUT2D eigenvalue weighted by Gasteiger charge is -2.49. The summed E-state index contributed by atoms with van der Waals surface area (Å²) in [6.45, 7) is 15.3. The Balaban J connectivity index is 2.48. The second kappa shape index (κ2) is 9.09. The van der Waals surface area contributed by atoms with E-state index in [0.29, 0.717) is 17.5 Å². The molecule has 0 radical (unpaired) electrons. The molecule has 4 heteroatoms. The van der Waals surface area contributed by atoms with Gasteiger partial charge in [-0.15, -0.1) is 0 Å². The Labute approximate surface area is 132 Å². The van der Waals surface area contributed by atoms with Gasteiger partial charge in [-0.05, 0) is 32.9 Å². The maximum absolute atomic E-state index is 5.81. The molecule has 0 saturated carbocycles. The predicted octanol–water partition coefficient (Wildman–Crippen LogP) is 2.05. The summed E-state index contributed by atoms with van der Waals surface area (Å²) in [4.78, 5) is 4.82. The first-order valence-corrected chi connectivity index (χ1v) is 8.65. The van der Waals surface area contributed by atoms with Gasteiger partial charge in [0.1, 0.15) is 0 Å². The van der Waals surface area contributed by atoms with E-state index in [1.54, 1.807) is 0 Å². The molecule has 1 N–H and O–H groups in total. The van der Waals surface area contributed by atoms with Crippen molar-refractivity contribution in [3.63, 3.8) is 0 Å². The van der Waals surface area contributed by atoms with E-state index in [2.05, 4.69) is 56.9 Å². The number of ether oxygens (including phenoxy) is 1. The highest BCUT2D eigenvalue weighted by atomic mass is 16.5. The monoisotopic (exact) mass is 299 g/mol. The van der Waals surface area contributed by atoms with E-state index >= 15 is 0 Å². The first-order chi connectivity index (χ1) is 9.94. The lowest BCUT2D eigenvalue weighted by molar-refractivity contribution is 0.0198. The van der Waals surface area contributed by atoms with E-state index in [9.17, 15) is 0 Å². The summed E-state index contributed by atoms with van der Waals surface area (Å²) in [6, 6.07) is 0.633. The largest absolute Gasteiger partial charge is 0.379 e. The fraction of sp³-hybridized carbons (Fsp3) is 1.00. The van der Waals surface area contributed by atoms with Crippen molar-refractivity contribution >= 4 is 0 Å². The molecule has 1 heterocycles. The van der Waals surface area contributed by atoms with Gasteiger partial charge in [-0.2, -0.15) is 0 Å². The zero-order valence-electron chi connectivity index (χ0n) is 15.1. The van der Waals surface area contributed by atoms with Gasteiger partial charge >= 0.3 is 0 Å². The Morgan fingerprint density at radius 2 is 1.90 bits per heavy atom. The summed E-state index contributed by atoms with van der Waals surface area (Å²) >= 11 is 0. The van der Waals surface area contributed by atoms with E-state index < -0.39 is 0 Å². The van der Waals surface area contributed by atoms with Crippen LogP contribution in [-0.2, 0) is 4.74 Å². The number of rotatable bonds is 9. The minimum absolute atomic E-state index is 0.301. The molecule has 1 saturated heterocycles. The topological polar surface area (TPSA) is 27.7 Å². The summed E-state index contributed by atoms with van der Waals surface area (Å²) in [5.74, 6) is 0.686. The van der Waals surface area contributed by atoms with Crippen LogP contribution in [0.5, 0.6) is 0 Å². The van der Waals surface area contributed by atoms with Crippen LogP contribution < -0.4 is 5.32 Å². The molecule has 1 unspecified atom stereocenters. The molecule has 1 aliphatic heterocycles. The van der Waals surface area contributed by atoms with Gasteiger partial charge in [0.15, 0.2) is 0 Å². The molecule has 1 aliphatic rings. The molecule has 0 aromatic carbocycles. The average molecular weight is 300 g/mol. The first kappa shape index (κ1) is 18.9. The van der Waals surface area contributed by atoms with Crippen molar-refractivity contribution in [3.05, 3.63) is 0 Å². The molecule has 1 rings (SSSR count). The third kappa shape index (κ3) is 5.85. The van der Waals surface area contributed by atoms with Gasteiger partial charge in [0.05, 0.1) is 13.2 Å². The smallest absolute Gasteiger partial charge is 0.0594 e. The van der Waals surface area contributed by atoms with Crippen molar-refractivity contribution in [3.8, 4) is 0 Å². The van der Waals surface area contributed by atoms with Crippen LogP contribution in [0, 0.1) is 5.92 Å². The molecule has 0 spiro atoms. The van der Waals surface area contributed by atoms with Crippen LogP contribution in [-0.4, -0.2) is 74.9 Å². The van der Waals surface area contributed by atoms with Gasteiger partial charge in [0, 0.05) is 37.8 Å². The quantitative estimate of drug-likeness (QED) is 0.660. The van der Waals surface area contributed by atoms with Crippen LogP contribution in [0.2, 0.25) is 0 Å². The molecule has 1 atom stereocenters. The van der Waals surface area contributed by atoms with E-state index in [4.69, 9.17) is 4.74 Å². The Hall–Kier alpha value is -0.160. The van der Waals surface area contributed by atoms with Crippen LogP contribution in [0.15, 0.2) is 0 Å². The van der Waals surface area contributed by atoms with E-state index in [1.165, 1.54) is 12.8 Å². The van der Waals surface area contributed by atoms with Crippen molar-refractivity contribution in [2.75, 3.05) is 53.5 Å². The summed E-state index contributed by atoms with van der Waals surface area (Å²) in [5.41, 5.74) is 0.301. The fourth-order valence-electron chi connectivity index (χ4n) is 3.17. The normalized spacial score (nSPS) is 23.1. The van der Waals surface area contributed by atoms with Gasteiger partial charge in [-0.1, -0.05) is 27.7 Å². The molecule has 1 fully saturated rings. The minimum atomic E-state index is 0.301. The number of nitrogens with one attached hydrogen (secondary N) is 1. The van der Waals surface area contributed by atoms with Crippen LogP contribution in [0.1, 0.15) is 40.5 Å². The van der Waals surface area contributed by atoms with Gasteiger partial charge < -0.3 is 15.0 Å². The number of hydrogen-bond donors (Lipinski definition) is 1. The molecule has 0 bridgehead atoms. The van der Waals surface area contributed by atoms with Gasteiger partial charge in [0.2, 0.25) is 0 Å². The Kier molecular flexibility index (Phi) is 8.17. The second-order valence-corrected chi connectivity index (χ2v) is 7.07. The van der Waals surface area contributed by atoms with E-state index in [-0.39, 0.29) is 0 Å². The predicted molar refractivity (Wildman–Crippen MR) is 90.9 cm³/mol. The Bertz CT molecular complexity index is 277. The molecule has 21 heavy (non-hydrogen) atoms. The van der Waals surface area contributed by atoms with Gasteiger partial charge in [-0.25, -0.2) is 0 Å². The van der Waals surface area contributed by atoms with Crippen molar-refractivity contribution < 1.29 is 4.74 Å². The molecule has 0 aromatic rings. The summed E-state index contributed by atoms with van der Waals surface area (Å²) in [5, 5.41) is 3.82. The number of piperazine rings is 1. The molecule has 0 aliphatic carbocycles. The highest BCUT2D eigenvalue weighted by Crippen LogP contribution is 2.25. The Morgan fingerprint density at radius 3 is 2.43 bits per heavy atom. The zero-order chi connectivity index (χ0) is 15.9. The number of likely N-dealkylation sites (N-methyl/N-ethyl adjacent to an activating group) is 1. The van der Waals surface area contributed by atoms with Gasteiger partial charge in [0.25, 0.3) is 0 Å². The summed E-state index contributed by atoms with van der Waals surface area (Å²) in [6.07, 6.45) is 2.40. The molecular formula is C17H37N3O. The first-order valence-electron chi connectivity index (χ1n) is 8.65. The SMILES string of the molecule is CCC1(CC)CN(CCOCCN(C)C)C(C(C)C)CN1. The van der Waals surface area contributed by atoms with Crippen molar-refractivity contribution in [1.82, 2.24) is 15.1 Å².